The van der Waals surface area contributed by atoms with Crippen LogP contribution >= 0.6 is 0 Å². The van der Waals surface area contributed by atoms with Gasteiger partial charge in [0.05, 0.1) is 6.07 Å². The van der Waals surface area contributed by atoms with Gasteiger partial charge >= 0.3 is 0 Å². The summed E-state index contributed by atoms with van der Waals surface area (Å²) in [6.45, 7) is 8.17. The monoisotopic (exact) mass is 189 g/mol. The third kappa shape index (κ3) is 4.67. The van der Waals surface area contributed by atoms with Gasteiger partial charge in [0, 0.05) is 6.42 Å². The quantitative estimate of drug-likeness (QED) is 0.694. The molecule has 0 aliphatic rings. The van der Waals surface area contributed by atoms with E-state index in [4.69, 9.17) is 5.26 Å². The molecule has 0 radical (unpaired) electrons. The molecule has 0 aliphatic carbocycles. The molecule has 1 aromatic rings. The molecule has 0 N–H and O–H groups in total. The summed E-state index contributed by atoms with van der Waals surface area (Å²) in [6.07, 6.45) is 1.49. The Labute approximate surface area is 87.4 Å². The van der Waals surface area contributed by atoms with E-state index >= 15 is 0 Å². The Morgan fingerprint density at radius 3 is 2.00 bits per heavy atom. The molecule has 76 valence electrons. The molecule has 0 aromatic heterocycles. The SMILES string of the molecule is CC.Cc1cc(C)cc(CCC#N)c1. The van der Waals surface area contributed by atoms with Crippen LogP contribution in [-0.4, -0.2) is 0 Å². The molecule has 0 bridgehead atoms. The summed E-state index contributed by atoms with van der Waals surface area (Å²) >= 11 is 0. The predicted octanol–water partition coefficient (Wildman–Crippen LogP) is 3.79. The first-order chi connectivity index (χ1) is 6.72. The minimum atomic E-state index is 0.614. The van der Waals surface area contributed by atoms with Gasteiger partial charge in [0.25, 0.3) is 0 Å². The molecule has 0 atom stereocenters. The van der Waals surface area contributed by atoms with Gasteiger partial charge in [-0.05, 0) is 25.8 Å². The van der Waals surface area contributed by atoms with Crippen molar-refractivity contribution in [3.63, 3.8) is 0 Å². The van der Waals surface area contributed by atoms with Crippen LogP contribution in [0.4, 0.5) is 0 Å². The molecule has 0 aliphatic heterocycles. The van der Waals surface area contributed by atoms with Crippen molar-refractivity contribution in [2.24, 2.45) is 0 Å². The van der Waals surface area contributed by atoms with Gasteiger partial charge in [-0.3, -0.25) is 0 Å². The van der Waals surface area contributed by atoms with E-state index in [-0.39, 0.29) is 0 Å². The van der Waals surface area contributed by atoms with E-state index in [9.17, 15) is 0 Å². The number of hydrogen-bond acceptors (Lipinski definition) is 1. The van der Waals surface area contributed by atoms with E-state index in [1.807, 2.05) is 13.8 Å². The zero-order valence-electron chi connectivity index (χ0n) is 9.59. The van der Waals surface area contributed by atoms with Crippen molar-refractivity contribution < 1.29 is 0 Å². The van der Waals surface area contributed by atoms with E-state index < -0.39 is 0 Å². The molecule has 0 heterocycles. The second-order valence-electron chi connectivity index (χ2n) is 3.15. The summed E-state index contributed by atoms with van der Waals surface area (Å²) in [6, 6.07) is 8.59. The third-order valence-corrected chi connectivity index (χ3v) is 1.81. The first-order valence-corrected chi connectivity index (χ1v) is 5.16. The zero-order chi connectivity index (χ0) is 11.0. The first-order valence-electron chi connectivity index (χ1n) is 5.16. The molecule has 14 heavy (non-hydrogen) atoms. The lowest BCUT2D eigenvalue weighted by Gasteiger charge is -2.01. The van der Waals surface area contributed by atoms with Crippen LogP contribution in [0.25, 0.3) is 0 Å². The van der Waals surface area contributed by atoms with Gasteiger partial charge in [-0.2, -0.15) is 5.26 Å². The lowest BCUT2D eigenvalue weighted by molar-refractivity contribution is 1.00. The molecular formula is C13H19N. The summed E-state index contributed by atoms with van der Waals surface area (Å²) in [5.41, 5.74) is 3.83. The van der Waals surface area contributed by atoms with Crippen LogP contribution in [-0.2, 0) is 6.42 Å². The van der Waals surface area contributed by atoms with Crippen molar-refractivity contribution in [2.75, 3.05) is 0 Å². The smallest absolute Gasteiger partial charge is 0.0625 e. The van der Waals surface area contributed by atoms with Crippen LogP contribution in [0, 0.1) is 25.2 Å². The van der Waals surface area contributed by atoms with Crippen LogP contribution in [0.5, 0.6) is 0 Å². The van der Waals surface area contributed by atoms with Crippen molar-refractivity contribution in [2.45, 2.75) is 40.5 Å². The van der Waals surface area contributed by atoms with Crippen LogP contribution in [0.3, 0.4) is 0 Å². The summed E-state index contributed by atoms with van der Waals surface area (Å²) in [4.78, 5) is 0. The predicted molar refractivity (Wildman–Crippen MR) is 61.2 cm³/mol. The minimum Gasteiger partial charge on any atom is -0.198 e. The Bertz CT molecular complexity index is 287. The molecule has 1 rings (SSSR count). The molecule has 0 fully saturated rings. The second kappa shape index (κ2) is 7.15. The lowest BCUT2D eigenvalue weighted by Crippen LogP contribution is -1.86. The number of rotatable bonds is 2. The van der Waals surface area contributed by atoms with E-state index in [0.29, 0.717) is 6.42 Å². The van der Waals surface area contributed by atoms with Crippen LogP contribution < -0.4 is 0 Å². The van der Waals surface area contributed by atoms with Crippen molar-refractivity contribution in [1.82, 2.24) is 0 Å². The zero-order valence-corrected chi connectivity index (χ0v) is 9.59. The van der Waals surface area contributed by atoms with E-state index in [2.05, 4.69) is 38.1 Å². The summed E-state index contributed by atoms with van der Waals surface area (Å²) in [5.74, 6) is 0. The molecule has 1 aromatic carbocycles. The van der Waals surface area contributed by atoms with Gasteiger partial charge in [-0.15, -0.1) is 0 Å². The summed E-state index contributed by atoms with van der Waals surface area (Å²) < 4.78 is 0. The molecule has 1 heteroatoms. The highest BCUT2D eigenvalue weighted by Crippen LogP contribution is 2.10. The van der Waals surface area contributed by atoms with E-state index in [1.165, 1.54) is 16.7 Å². The maximum atomic E-state index is 8.42. The average Bonchev–Trinajstić information content (AvgIpc) is 2.16. The Kier molecular flexibility index (Phi) is 6.49. The highest BCUT2D eigenvalue weighted by molar-refractivity contribution is 5.28. The molecule has 0 unspecified atom stereocenters. The molecule has 1 nitrogen and oxygen atoms in total. The lowest BCUT2D eigenvalue weighted by atomic mass is 10.0. The Hall–Kier alpha value is -1.29. The number of aryl methyl sites for hydroxylation is 3. The van der Waals surface area contributed by atoms with Crippen LogP contribution in [0.2, 0.25) is 0 Å². The maximum absolute atomic E-state index is 8.42. The van der Waals surface area contributed by atoms with Gasteiger partial charge in [0.2, 0.25) is 0 Å². The second-order valence-corrected chi connectivity index (χ2v) is 3.15. The highest BCUT2D eigenvalue weighted by Gasteiger charge is 1.94. The van der Waals surface area contributed by atoms with Crippen molar-refractivity contribution >= 4 is 0 Å². The Morgan fingerprint density at radius 1 is 1.07 bits per heavy atom. The topological polar surface area (TPSA) is 23.8 Å². The normalized spacial score (nSPS) is 8.50. The number of nitrogens with zero attached hydrogens (tertiary/aromatic N) is 1. The fraction of sp³-hybridized carbons (Fsp3) is 0.462. The molecule has 0 amide bonds. The van der Waals surface area contributed by atoms with Crippen molar-refractivity contribution in [1.29, 1.82) is 5.26 Å². The maximum Gasteiger partial charge on any atom is 0.0625 e. The third-order valence-electron chi connectivity index (χ3n) is 1.81. The molecule has 0 saturated carbocycles. The van der Waals surface area contributed by atoms with E-state index in [0.717, 1.165) is 6.42 Å². The molecule has 0 saturated heterocycles. The van der Waals surface area contributed by atoms with Crippen LogP contribution in [0.1, 0.15) is 37.0 Å². The largest absolute Gasteiger partial charge is 0.198 e. The number of benzene rings is 1. The Balaban J connectivity index is 0.000000791. The summed E-state index contributed by atoms with van der Waals surface area (Å²) in [7, 11) is 0. The van der Waals surface area contributed by atoms with Gasteiger partial charge in [-0.25, -0.2) is 0 Å². The van der Waals surface area contributed by atoms with E-state index in [1.54, 1.807) is 0 Å². The number of hydrogen-bond donors (Lipinski definition) is 0. The standard InChI is InChI=1S/C11H13N.C2H6/c1-9-6-10(2)8-11(7-9)4-3-5-12;1-2/h6-8H,3-4H2,1-2H3;1-2H3. The van der Waals surface area contributed by atoms with Gasteiger partial charge in [0.15, 0.2) is 0 Å². The fourth-order valence-corrected chi connectivity index (χ4v) is 1.41. The summed E-state index contributed by atoms with van der Waals surface area (Å²) in [5, 5.41) is 8.42. The van der Waals surface area contributed by atoms with Gasteiger partial charge in [-0.1, -0.05) is 43.2 Å². The fourth-order valence-electron chi connectivity index (χ4n) is 1.41. The first kappa shape index (κ1) is 12.7. The molecule has 0 spiro atoms. The van der Waals surface area contributed by atoms with Crippen LogP contribution in [0.15, 0.2) is 18.2 Å². The van der Waals surface area contributed by atoms with Crippen molar-refractivity contribution in [3.05, 3.63) is 34.9 Å². The van der Waals surface area contributed by atoms with Crippen molar-refractivity contribution in [3.8, 4) is 6.07 Å². The highest BCUT2D eigenvalue weighted by atomic mass is 14.2. The van der Waals surface area contributed by atoms with Gasteiger partial charge < -0.3 is 0 Å². The average molecular weight is 189 g/mol. The Morgan fingerprint density at radius 2 is 1.57 bits per heavy atom. The van der Waals surface area contributed by atoms with Gasteiger partial charge in [0.1, 0.15) is 0 Å². The minimum absolute atomic E-state index is 0.614. The molecular weight excluding hydrogens is 170 g/mol. The number of nitriles is 1.